The molecule has 23 heavy (non-hydrogen) atoms. The monoisotopic (exact) mass is 293 g/mol. The lowest BCUT2D eigenvalue weighted by Crippen LogP contribution is -1.88. The molecule has 0 amide bonds. The van der Waals surface area contributed by atoms with Crippen LogP contribution in [-0.4, -0.2) is 0 Å². The van der Waals surface area contributed by atoms with Gasteiger partial charge in [0.2, 0.25) is 0 Å². The Labute approximate surface area is 137 Å². The third-order valence-electron chi connectivity index (χ3n) is 4.14. The van der Waals surface area contributed by atoms with Crippen molar-refractivity contribution in [1.82, 2.24) is 0 Å². The molecule has 0 aromatic heterocycles. The standard InChI is InChI=1S/C23H17/c1-3-9-18(10-4-1)21-15-22(19-11-5-2-6-12-19)17-23(16-21)20-13-7-8-14-20/h1-17H. The zero-order chi connectivity index (χ0) is 15.5. The number of hydrogen-bond acceptors (Lipinski definition) is 0. The van der Waals surface area contributed by atoms with E-state index >= 15 is 0 Å². The normalized spacial score (nSPS) is 13.1. The predicted octanol–water partition coefficient (Wildman–Crippen LogP) is 6.18. The van der Waals surface area contributed by atoms with Gasteiger partial charge in [0.1, 0.15) is 0 Å². The first kappa shape index (κ1) is 13.8. The molecule has 0 aliphatic heterocycles. The summed E-state index contributed by atoms with van der Waals surface area (Å²) in [5.74, 6) is 0. The Morgan fingerprint density at radius 1 is 0.435 bits per heavy atom. The average molecular weight is 293 g/mol. The molecule has 0 bridgehead atoms. The second kappa shape index (κ2) is 6.10. The van der Waals surface area contributed by atoms with Crippen molar-refractivity contribution >= 4 is 5.57 Å². The van der Waals surface area contributed by atoms with Crippen molar-refractivity contribution in [2.75, 3.05) is 0 Å². The van der Waals surface area contributed by atoms with Crippen molar-refractivity contribution in [2.45, 2.75) is 0 Å². The molecular weight excluding hydrogens is 276 g/mol. The summed E-state index contributed by atoms with van der Waals surface area (Å²) < 4.78 is 0. The Kier molecular flexibility index (Phi) is 3.65. The van der Waals surface area contributed by atoms with Crippen LogP contribution in [0.3, 0.4) is 0 Å². The molecule has 1 aliphatic carbocycles. The van der Waals surface area contributed by atoms with Crippen LogP contribution in [0, 0.1) is 6.42 Å². The van der Waals surface area contributed by atoms with Crippen LogP contribution in [0.5, 0.6) is 0 Å². The first-order valence-corrected chi connectivity index (χ1v) is 7.88. The zero-order valence-electron chi connectivity index (χ0n) is 12.8. The summed E-state index contributed by atoms with van der Waals surface area (Å²) >= 11 is 0. The minimum absolute atomic E-state index is 1.25. The van der Waals surface area contributed by atoms with E-state index < -0.39 is 0 Å². The first-order chi connectivity index (χ1) is 11.4. The minimum Gasteiger partial charge on any atom is -0.0760 e. The molecule has 0 unspecified atom stereocenters. The Hall–Kier alpha value is -2.86. The number of hydrogen-bond donors (Lipinski definition) is 0. The van der Waals surface area contributed by atoms with E-state index in [9.17, 15) is 0 Å². The topological polar surface area (TPSA) is 0 Å². The highest BCUT2D eigenvalue weighted by molar-refractivity contribution is 5.84. The van der Waals surface area contributed by atoms with Crippen molar-refractivity contribution in [3.63, 3.8) is 0 Å². The lowest BCUT2D eigenvalue weighted by molar-refractivity contribution is 1.55. The summed E-state index contributed by atoms with van der Waals surface area (Å²) in [5, 5.41) is 0. The lowest BCUT2D eigenvalue weighted by Gasteiger charge is -2.11. The summed E-state index contributed by atoms with van der Waals surface area (Å²) in [6, 6.07) is 28.0. The zero-order valence-corrected chi connectivity index (χ0v) is 12.8. The highest BCUT2D eigenvalue weighted by Gasteiger charge is 2.09. The van der Waals surface area contributed by atoms with Gasteiger partial charge >= 0.3 is 0 Å². The maximum Gasteiger partial charge on any atom is 0.0131 e. The van der Waals surface area contributed by atoms with Gasteiger partial charge in [0.25, 0.3) is 0 Å². The Morgan fingerprint density at radius 2 is 0.957 bits per heavy atom. The van der Waals surface area contributed by atoms with Gasteiger partial charge in [-0.15, -0.1) is 0 Å². The van der Waals surface area contributed by atoms with Crippen LogP contribution in [0.4, 0.5) is 0 Å². The molecule has 0 heterocycles. The number of benzene rings is 3. The van der Waals surface area contributed by atoms with Crippen LogP contribution in [0.15, 0.2) is 97.1 Å². The Morgan fingerprint density at radius 3 is 1.43 bits per heavy atom. The SMILES string of the molecule is [CH]1C=CC=C1c1cc(-c2ccccc2)cc(-c2ccccc2)c1. The highest BCUT2D eigenvalue weighted by atomic mass is 14.1. The van der Waals surface area contributed by atoms with Crippen molar-refractivity contribution in [3.05, 3.63) is 109 Å². The van der Waals surface area contributed by atoms with Gasteiger partial charge in [-0.1, -0.05) is 78.9 Å². The molecule has 1 radical (unpaired) electrons. The largest absolute Gasteiger partial charge is 0.0760 e. The maximum atomic E-state index is 2.27. The van der Waals surface area contributed by atoms with Crippen LogP contribution < -0.4 is 0 Å². The molecule has 3 aromatic carbocycles. The molecule has 0 saturated carbocycles. The second-order valence-electron chi connectivity index (χ2n) is 5.70. The van der Waals surface area contributed by atoms with Crippen LogP contribution in [0.1, 0.15) is 5.56 Å². The third kappa shape index (κ3) is 2.89. The predicted molar refractivity (Wildman–Crippen MR) is 98.7 cm³/mol. The van der Waals surface area contributed by atoms with Gasteiger partial charge < -0.3 is 0 Å². The van der Waals surface area contributed by atoms with Crippen molar-refractivity contribution in [1.29, 1.82) is 0 Å². The summed E-state index contributed by atoms with van der Waals surface area (Å²) in [6.07, 6.45) is 8.51. The molecule has 3 aromatic rings. The summed E-state index contributed by atoms with van der Waals surface area (Å²) in [4.78, 5) is 0. The van der Waals surface area contributed by atoms with Gasteiger partial charge in [0, 0.05) is 6.42 Å². The Balaban J connectivity index is 1.88. The van der Waals surface area contributed by atoms with Crippen molar-refractivity contribution in [3.8, 4) is 22.3 Å². The van der Waals surface area contributed by atoms with Crippen LogP contribution in [-0.2, 0) is 0 Å². The fourth-order valence-electron chi connectivity index (χ4n) is 2.96. The number of allylic oxidation sites excluding steroid dienone is 4. The molecule has 4 rings (SSSR count). The number of rotatable bonds is 3. The molecule has 0 N–H and O–H groups in total. The van der Waals surface area contributed by atoms with E-state index in [2.05, 4.69) is 104 Å². The first-order valence-electron chi connectivity index (χ1n) is 7.88. The molecular formula is C23H17. The quantitative estimate of drug-likeness (QED) is 0.541. The fraction of sp³-hybridized carbons (Fsp3) is 0. The summed E-state index contributed by atoms with van der Waals surface area (Å²) in [5.41, 5.74) is 7.53. The van der Waals surface area contributed by atoms with Gasteiger partial charge in [-0.25, -0.2) is 0 Å². The minimum atomic E-state index is 1.25. The average Bonchev–Trinajstić information content (AvgIpc) is 3.18. The maximum absolute atomic E-state index is 2.27. The molecule has 1 aliphatic rings. The highest BCUT2D eigenvalue weighted by Crippen LogP contribution is 2.32. The van der Waals surface area contributed by atoms with E-state index in [4.69, 9.17) is 0 Å². The van der Waals surface area contributed by atoms with Gasteiger partial charge in [0.15, 0.2) is 0 Å². The molecule has 0 atom stereocenters. The van der Waals surface area contributed by atoms with Crippen LogP contribution >= 0.6 is 0 Å². The van der Waals surface area contributed by atoms with Gasteiger partial charge in [0.05, 0.1) is 0 Å². The summed E-state index contributed by atoms with van der Waals surface area (Å²) in [6.45, 7) is 0. The van der Waals surface area contributed by atoms with E-state index in [1.807, 2.05) is 0 Å². The van der Waals surface area contributed by atoms with E-state index in [1.54, 1.807) is 0 Å². The molecule has 0 heteroatoms. The van der Waals surface area contributed by atoms with Gasteiger partial charge in [-0.05, 0) is 51.6 Å². The van der Waals surface area contributed by atoms with Crippen LogP contribution in [0.25, 0.3) is 27.8 Å². The van der Waals surface area contributed by atoms with Gasteiger partial charge in [-0.2, -0.15) is 0 Å². The Bertz CT molecular complexity index is 811. The smallest absolute Gasteiger partial charge is 0.0131 e. The van der Waals surface area contributed by atoms with E-state index in [1.165, 1.54) is 33.4 Å². The van der Waals surface area contributed by atoms with E-state index in [-0.39, 0.29) is 0 Å². The summed E-state index contributed by atoms with van der Waals surface area (Å²) in [7, 11) is 0. The molecule has 0 fully saturated rings. The van der Waals surface area contributed by atoms with E-state index in [0.29, 0.717) is 0 Å². The van der Waals surface area contributed by atoms with Crippen molar-refractivity contribution < 1.29 is 0 Å². The third-order valence-corrected chi connectivity index (χ3v) is 4.14. The fourth-order valence-corrected chi connectivity index (χ4v) is 2.96. The van der Waals surface area contributed by atoms with Crippen LogP contribution in [0.2, 0.25) is 0 Å². The molecule has 0 spiro atoms. The molecule has 0 nitrogen and oxygen atoms in total. The second-order valence-corrected chi connectivity index (χ2v) is 5.70. The van der Waals surface area contributed by atoms with Gasteiger partial charge in [-0.3, -0.25) is 0 Å². The van der Waals surface area contributed by atoms with Crippen molar-refractivity contribution in [2.24, 2.45) is 0 Å². The van der Waals surface area contributed by atoms with E-state index in [0.717, 1.165) is 0 Å². The lowest BCUT2D eigenvalue weighted by atomic mass is 9.93. The molecule has 0 saturated heterocycles. The molecule has 109 valence electrons.